The lowest BCUT2D eigenvalue weighted by Gasteiger charge is -2.30. The number of likely N-dealkylation sites (tertiary alicyclic amines) is 1. The van der Waals surface area contributed by atoms with E-state index in [0.29, 0.717) is 24.2 Å². The van der Waals surface area contributed by atoms with Crippen LogP contribution in [-0.4, -0.2) is 49.7 Å². The summed E-state index contributed by atoms with van der Waals surface area (Å²) in [6.45, 7) is 4.91. The highest BCUT2D eigenvalue weighted by atomic mass is 16.5. The summed E-state index contributed by atoms with van der Waals surface area (Å²) < 4.78 is 5.87. The van der Waals surface area contributed by atoms with E-state index in [-0.39, 0.29) is 6.10 Å². The number of nitrogens with zero attached hydrogens (tertiary/aromatic N) is 1. The smallest absolute Gasteiger partial charge is 0.225 e. The first-order valence-electron chi connectivity index (χ1n) is 7.44. The molecule has 3 saturated heterocycles. The Labute approximate surface area is 109 Å². The summed E-state index contributed by atoms with van der Waals surface area (Å²) in [7, 11) is 0. The molecule has 0 unspecified atom stereocenters. The quantitative estimate of drug-likeness (QED) is 0.797. The topological polar surface area (TPSA) is 41.6 Å². The second-order valence-corrected chi connectivity index (χ2v) is 5.93. The fraction of sp³-hybridized carbons (Fsp3) is 0.929. The van der Waals surface area contributed by atoms with E-state index in [4.69, 9.17) is 4.74 Å². The fourth-order valence-corrected chi connectivity index (χ4v) is 3.64. The van der Waals surface area contributed by atoms with Crippen LogP contribution in [0.2, 0.25) is 0 Å². The van der Waals surface area contributed by atoms with E-state index >= 15 is 0 Å². The van der Waals surface area contributed by atoms with Gasteiger partial charge in [0, 0.05) is 25.6 Å². The molecule has 0 aromatic rings. The molecule has 0 radical (unpaired) electrons. The maximum atomic E-state index is 12.3. The molecule has 0 aliphatic carbocycles. The van der Waals surface area contributed by atoms with Gasteiger partial charge in [-0.05, 0) is 38.1 Å². The van der Waals surface area contributed by atoms with Gasteiger partial charge in [-0.15, -0.1) is 0 Å². The van der Waals surface area contributed by atoms with Crippen LogP contribution in [0.15, 0.2) is 0 Å². The molecule has 4 nitrogen and oxygen atoms in total. The minimum atomic E-state index is 0.187. The van der Waals surface area contributed by atoms with Crippen LogP contribution in [0.25, 0.3) is 0 Å². The molecule has 3 rings (SSSR count). The van der Waals surface area contributed by atoms with Gasteiger partial charge in [0.05, 0.1) is 19.1 Å². The highest BCUT2D eigenvalue weighted by molar-refractivity contribution is 5.76. The number of hydrogen-bond acceptors (Lipinski definition) is 3. The lowest BCUT2D eigenvalue weighted by Crippen LogP contribution is -2.41. The van der Waals surface area contributed by atoms with Crippen LogP contribution in [0, 0.1) is 11.8 Å². The van der Waals surface area contributed by atoms with Crippen molar-refractivity contribution in [1.29, 1.82) is 0 Å². The molecular formula is C14H24N2O2. The van der Waals surface area contributed by atoms with Gasteiger partial charge in [-0.3, -0.25) is 4.79 Å². The number of ether oxygens (including phenoxy) is 1. The van der Waals surface area contributed by atoms with Crippen LogP contribution >= 0.6 is 0 Å². The summed E-state index contributed by atoms with van der Waals surface area (Å²) >= 11 is 0. The number of piperidine rings is 2. The molecule has 0 aromatic carbocycles. The Hall–Kier alpha value is -0.610. The van der Waals surface area contributed by atoms with Gasteiger partial charge in [-0.1, -0.05) is 0 Å². The van der Waals surface area contributed by atoms with Gasteiger partial charge >= 0.3 is 0 Å². The molecule has 0 aromatic heterocycles. The normalized spacial score (nSPS) is 36.4. The highest BCUT2D eigenvalue weighted by Crippen LogP contribution is 2.33. The Balaban J connectivity index is 1.54. The third-order valence-electron chi connectivity index (χ3n) is 4.75. The van der Waals surface area contributed by atoms with Gasteiger partial charge in [0.15, 0.2) is 0 Å². The van der Waals surface area contributed by atoms with E-state index in [1.165, 1.54) is 25.7 Å². The number of nitrogens with one attached hydrogen (secondary N) is 1. The van der Waals surface area contributed by atoms with Gasteiger partial charge in [0.1, 0.15) is 0 Å². The van der Waals surface area contributed by atoms with Crippen molar-refractivity contribution in [3.63, 3.8) is 0 Å². The first kappa shape index (κ1) is 12.4. The number of carbonyl (C=O) groups is 1. The van der Waals surface area contributed by atoms with Crippen molar-refractivity contribution >= 4 is 5.91 Å². The molecule has 3 aliphatic rings. The van der Waals surface area contributed by atoms with Crippen molar-refractivity contribution in [3.05, 3.63) is 0 Å². The van der Waals surface area contributed by atoms with Crippen LogP contribution < -0.4 is 5.32 Å². The third kappa shape index (κ3) is 2.54. The molecule has 0 spiro atoms. The Bertz CT molecular complexity index is 302. The fourth-order valence-electron chi connectivity index (χ4n) is 3.64. The van der Waals surface area contributed by atoms with Crippen LogP contribution in [0.4, 0.5) is 0 Å². The first-order chi connectivity index (χ1) is 8.84. The van der Waals surface area contributed by atoms with E-state index in [9.17, 15) is 4.79 Å². The van der Waals surface area contributed by atoms with Crippen LogP contribution in [0.3, 0.4) is 0 Å². The van der Waals surface area contributed by atoms with Crippen LogP contribution in [0.5, 0.6) is 0 Å². The largest absolute Gasteiger partial charge is 0.377 e. The van der Waals surface area contributed by atoms with Crippen LogP contribution in [-0.2, 0) is 9.53 Å². The van der Waals surface area contributed by atoms with Crippen molar-refractivity contribution in [2.75, 3.05) is 32.8 Å². The molecule has 102 valence electrons. The lowest BCUT2D eigenvalue weighted by atomic mass is 9.84. The molecule has 0 saturated carbocycles. The van der Waals surface area contributed by atoms with Crippen LogP contribution in [0.1, 0.15) is 32.1 Å². The predicted octanol–water partition coefficient (Wildman–Crippen LogP) is 1.01. The summed E-state index contributed by atoms with van der Waals surface area (Å²) in [4.78, 5) is 14.3. The number of fused-ring (bicyclic) bond motifs is 1. The van der Waals surface area contributed by atoms with Gasteiger partial charge in [-0.2, -0.15) is 0 Å². The van der Waals surface area contributed by atoms with Gasteiger partial charge in [0.25, 0.3) is 0 Å². The Morgan fingerprint density at radius 2 is 2.11 bits per heavy atom. The zero-order valence-electron chi connectivity index (χ0n) is 11.1. The zero-order chi connectivity index (χ0) is 12.4. The molecule has 18 heavy (non-hydrogen) atoms. The van der Waals surface area contributed by atoms with E-state index < -0.39 is 0 Å². The monoisotopic (exact) mass is 252 g/mol. The van der Waals surface area contributed by atoms with E-state index in [1.807, 2.05) is 4.90 Å². The minimum Gasteiger partial charge on any atom is -0.377 e. The Morgan fingerprint density at radius 1 is 1.28 bits per heavy atom. The average Bonchev–Trinajstić information content (AvgIpc) is 2.83. The Morgan fingerprint density at radius 3 is 2.94 bits per heavy atom. The van der Waals surface area contributed by atoms with Gasteiger partial charge in [0.2, 0.25) is 5.91 Å². The van der Waals surface area contributed by atoms with Crippen molar-refractivity contribution in [2.45, 2.75) is 38.2 Å². The number of carbonyl (C=O) groups excluding carboxylic acids is 1. The summed E-state index contributed by atoms with van der Waals surface area (Å²) in [5.41, 5.74) is 0. The second kappa shape index (κ2) is 5.57. The van der Waals surface area contributed by atoms with Crippen molar-refractivity contribution < 1.29 is 9.53 Å². The average molecular weight is 252 g/mol. The predicted molar refractivity (Wildman–Crippen MR) is 69.3 cm³/mol. The number of amides is 1. The molecule has 4 heteroatoms. The SMILES string of the molecule is O=C(C[C@@H]1OC[C@H]2CNCC[C@H]21)N1CCCCC1. The molecule has 3 aliphatic heterocycles. The summed E-state index contributed by atoms with van der Waals surface area (Å²) in [5.74, 6) is 1.57. The summed E-state index contributed by atoms with van der Waals surface area (Å²) in [5, 5.41) is 3.42. The zero-order valence-corrected chi connectivity index (χ0v) is 11.1. The third-order valence-corrected chi connectivity index (χ3v) is 4.75. The highest BCUT2D eigenvalue weighted by Gasteiger charge is 2.39. The number of hydrogen-bond donors (Lipinski definition) is 1. The number of rotatable bonds is 2. The molecular weight excluding hydrogens is 228 g/mol. The van der Waals surface area contributed by atoms with Gasteiger partial charge < -0.3 is 15.0 Å². The maximum absolute atomic E-state index is 12.3. The maximum Gasteiger partial charge on any atom is 0.225 e. The second-order valence-electron chi connectivity index (χ2n) is 5.93. The molecule has 1 N–H and O–H groups in total. The molecule has 1 amide bonds. The van der Waals surface area contributed by atoms with Crippen molar-refractivity contribution in [2.24, 2.45) is 11.8 Å². The molecule has 3 heterocycles. The van der Waals surface area contributed by atoms with Crippen molar-refractivity contribution in [3.8, 4) is 0 Å². The molecule has 3 atom stereocenters. The standard InChI is InChI=1S/C14H24N2O2/c17-14(16-6-2-1-3-7-16)8-13-12-4-5-15-9-11(12)10-18-13/h11-13,15H,1-10H2/t11-,12-,13+/m1/s1. The van der Waals surface area contributed by atoms with E-state index in [2.05, 4.69) is 5.32 Å². The summed E-state index contributed by atoms with van der Waals surface area (Å²) in [6.07, 6.45) is 5.59. The Kier molecular flexibility index (Phi) is 3.85. The van der Waals surface area contributed by atoms with E-state index in [0.717, 1.165) is 32.8 Å². The molecule has 0 bridgehead atoms. The van der Waals surface area contributed by atoms with Crippen molar-refractivity contribution in [1.82, 2.24) is 10.2 Å². The molecule has 3 fully saturated rings. The minimum absolute atomic E-state index is 0.187. The van der Waals surface area contributed by atoms with E-state index in [1.54, 1.807) is 0 Å². The lowest BCUT2D eigenvalue weighted by molar-refractivity contribution is -0.134. The first-order valence-corrected chi connectivity index (χ1v) is 7.44. The van der Waals surface area contributed by atoms with Gasteiger partial charge in [-0.25, -0.2) is 0 Å². The summed E-state index contributed by atoms with van der Waals surface area (Å²) in [6, 6.07) is 0.